The molecule has 1 atom stereocenters. The summed E-state index contributed by atoms with van der Waals surface area (Å²) in [6.07, 6.45) is -11.8. The molecule has 2 aromatic carbocycles. The van der Waals surface area contributed by atoms with Crippen LogP contribution in [0, 0.1) is 11.6 Å². The van der Waals surface area contributed by atoms with Crippen LogP contribution in [0.2, 0.25) is 0 Å². The van der Waals surface area contributed by atoms with Crippen LogP contribution in [0.25, 0.3) is 5.83 Å². The topological polar surface area (TPSA) is 37.3 Å². The van der Waals surface area contributed by atoms with Gasteiger partial charge in [0, 0.05) is 5.56 Å². The van der Waals surface area contributed by atoms with Crippen molar-refractivity contribution in [1.29, 1.82) is 0 Å². The second kappa shape index (κ2) is 8.93. The number of alkyl halides is 6. The highest BCUT2D eigenvalue weighted by molar-refractivity contribution is 9.10. The first-order chi connectivity index (χ1) is 14.1. The summed E-state index contributed by atoms with van der Waals surface area (Å²) < 4.78 is 119. The number of hydrogen-bond acceptors (Lipinski definition) is 1. The summed E-state index contributed by atoms with van der Waals surface area (Å²) in [5.41, 5.74) is -3.28. The third-order valence-electron chi connectivity index (χ3n) is 4.03. The SMILES string of the molecule is O=C(O)c1ccc(/C(F)=C/C(c2cc(F)c(F)c(Br)c2)C(F)(F)F)cc1CC(F)(F)F. The van der Waals surface area contributed by atoms with Crippen molar-refractivity contribution in [1.82, 2.24) is 0 Å². The third kappa shape index (κ3) is 6.25. The van der Waals surface area contributed by atoms with E-state index in [0.29, 0.717) is 24.3 Å². The van der Waals surface area contributed by atoms with E-state index in [0.717, 1.165) is 0 Å². The highest BCUT2D eigenvalue weighted by atomic mass is 79.9. The number of carboxylic acids is 1. The highest BCUT2D eigenvalue weighted by Crippen LogP contribution is 2.40. The van der Waals surface area contributed by atoms with E-state index in [-0.39, 0.29) is 12.1 Å². The molecule has 0 bridgehead atoms. The van der Waals surface area contributed by atoms with Gasteiger partial charge in [-0.1, -0.05) is 6.07 Å². The molecule has 0 saturated carbocycles. The summed E-state index contributed by atoms with van der Waals surface area (Å²) in [6, 6.07) is 2.59. The van der Waals surface area contributed by atoms with Gasteiger partial charge in [-0.3, -0.25) is 0 Å². The molecule has 0 heterocycles. The first-order valence-corrected chi connectivity index (χ1v) is 8.91. The van der Waals surface area contributed by atoms with E-state index in [1.165, 1.54) is 0 Å². The summed E-state index contributed by atoms with van der Waals surface area (Å²) in [7, 11) is 0. The van der Waals surface area contributed by atoms with Crippen molar-refractivity contribution in [3.05, 3.63) is 74.8 Å². The van der Waals surface area contributed by atoms with Crippen molar-refractivity contribution < 1.29 is 49.4 Å². The standard InChI is InChI=1S/C19H10BrF9O2/c20-13-4-9(5-15(22)16(13)23)12(19(27,28)29)6-14(21)8-1-2-11(17(30)31)10(3-8)7-18(24,25)26/h1-6,12H,7H2,(H,30,31)/b14-6-. The van der Waals surface area contributed by atoms with Crippen LogP contribution in [0.4, 0.5) is 39.5 Å². The van der Waals surface area contributed by atoms with E-state index in [1.54, 1.807) is 0 Å². The lowest BCUT2D eigenvalue weighted by atomic mass is 9.95. The Kier molecular flexibility index (Phi) is 7.14. The molecule has 0 amide bonds. The van der Waals surface area contributed by atoms with Crippen molar-refractivity contribution in [2.45, 2.75) is 24.7 Å². The number of rotatable bonds is 5. The lowest BCUT2D eigenvalue weighted by Gasteiger charge is -2.18. The molecule has 12 heteroatoms. The maximum Gasteiger partial charge on any atom is 0.399 e. The molecule has 0 saturated heterocycles. The van der Waals surface area contributed by atoms with E-state index in [1.807, 2.05) is 0 Å². The van der Waals surface area contributed by atoms with E-state index in [9.17, 15) is 44.3 Å². The number of aromatic carboxylic acids is 1. The molecule has 1 N–H and O–H groups in total. The largest absolute Gasteiger partial charge is 0.478 e. The quantitative estimate of drug-likeness (QED) is 0.334. The van der Waals surface area contributed by atoms with Crippen molar-refractivity contribution >= 4 is 27.7 Å². The van der Waals surface area contributed by atoms with Crippen molar-refractivity contribution in [3.8, 4) is 0 Å². The molecular formula is C19H10BrF9O2. The first kappa shape index (κ1) is 24.8. The van der Waals surface area contributed by atoms with E-state index in [4.69, 9.17) is 5.11 Å². The fraction of sp³-hybridized carbons (Fsp3) is 0.211. The lowest BCUT2D eigenvalue weighted by molar-refractivity contribution is -0.139. The molecule has 0 radical (unpaired) electrons. The van der Waals surface area contributed by atoms with Gasteiger partial charge in [0.15, 0.2) is 11.6 Å². The van der Waals surface area contributed by atoms with Crippen LogP contribution >= 0.6 is 15.9 Å². The number of carbonyl (C=O) groups is 1. The van der Waals surface area contributed by atoms with Crippen molar-refractivity contribution in [2.75, 3.05) is 0 Å². The molecule has 2 nitrogen and oxygen atoms in total. The van der Waals surface area contributed by atoms with Gasteiger partial charge in [0.25, 0.3) is 0 Å². The second-order valence-corrected chi connectivity index (χ2v) is 7.16. The zero-order valence-corrected chi connectivity index (χ0v) is 16.5. The van der Waals surface area contributed by atoms with Crippen LogP contribution in [-0.2, 0) is 6.42 Å². The molecule has 0 spiro atoms. The van der Waals surface area contributed by atoms with Crippen LogP contribution in [0.15, 0.2) is 40.9 Å². The molecule has 0 aliphatic heterocycles. The predicted molar refractivity (Wildman–Crippen MR) is 95.1 cm³/mol. The number of benzene rings is 2. The van der Waals surface area contributed by atoms with Crippen LogP contribution in [0.5, 0.6) is 0 Å². The van der Waals surface area contributed by atoms with Crippen LogP contribution in [0.1, 0.15) is 33.0 Å². The monoisotopic (exact) mass is 520 g/mol. The van der Waals surface area contributed by atoms with Crippen LogP contribution in [-0.4, -0.2) is 23.4 Å². The summed E-state index contributed by atoms with van der Waals surface area (Å²) in [4.78, 5) is 11.1. The molecule has 0 aliphatic carbocycles. The van der Waals surface area contributed by atoms with E-state index >= 15 is 0 Å². The average molecular weight is 521 g/mol. The van der Waals surface area contributed by atoms with Crippen LogP contribution < -0.4 is 0 Å². The zero-order valence-electron chi connectivity index (χ0n) is 14.9. The van der Waals surface area contributed by atoms with E-state index < -0.39 is 74.8 Å². The number of carboxylic acid groups (broad SMARTS) is 1. The normalized spacial score (nSPS) is 13.9. The summed E-state index contributed by atoms with van der Waals surface area (Å²) in [5.74, 6) is -9.25. The van der Waals surface area contributed by atoms with Gasteiger partial charge in [0.2, 0.25) is 0 Å². The van der Waals surface area contributed by atoms with Crippen molar-refractivity contribution in [2.24, 2.45) is 0 Å². The Morgan fingerprint density at radius 3 is 2.16 bits per heavy atom. The molecule has 2 rings (SSSR count). The van der Waals surface area contributed by atoms with Gasteiger partial charge in [-0.2, -0.15) is 26.3 Å². The Hall–Kier alpha value is -2.50. The number of halogens is 10. The second-order valence-electron chi connectivity index (χ2n) is 6.30. The third-order valence-corrected chi connectivity index (χ3v) is 4.61. The Labute approximate surface area is 177 Å². The minimum Gasteiger partial charge on any atom is -0.478 e. The zero-order chi connectivity index (χ0) is 23.7. The summed E-state index contributed by atoms with van der Waals surface area (Å²) >= 11 is 2.54. The van der Waals surface area contributed by atoms with Gasteiger partial charge in [0.05, 0.1) is 16.5 Å². The molecule has 1 unspecified atom stereocenters. The van der Waals surface area contributed by atoms with Crippen molar-refractivity contribution in [3.63, 3.8) is 0 Å². The number of hydrogen-bond donors (Lipinski definition) is 1. The fourth-order valence-electron chi connectivity index (χ4n) is 2.69. The highest BCUT2D eigenvalue weighted by Gasteiger charge is 2.40. The maximum atomic E-state index is 14.6. The molecule has 0 fully saturated rings. The molecule has 168 valence electrons. The Morgan fingerprint density at radius 1 is 1.06 bits per heavy atom. The molecule has 31 heavy (non-hydrogen) atoms. The first-order valence-electron chi connectivity index (χ1n) is 8.12. The molecular weight excluding hydrogens is 511 g/mol. The molecule has 0 aliphatic rings. The number of allylic oxidation sites excluding steroid dienone is 1. The van der Waals surface area contributed by atoms with Gasteiger partial charge in [-0.05, 0) is 57.4 Å². The lowest BCUT2D eigenvalue weighted by Crippen LogP contribution is -2.19. The van der Waals surface area contributed by atoms with Gasteiger partial charge < -0.3 is 5.11 Å². The Morgan fingerprint density at radius 2 is 1.68 bits per heavy atom. The van der Waals surface area contributed by atoms with Gasteiger partial charge >= 0.3 is 18.3 Å². The minimum absolute atomic E-state index is 0.0216. The van der Waals surface area contributed by atoms with Crippen LogP contribution in [0.3, 0.4) is 0 Å². The van der Waals surface area contributed by atoms with Gasteiger partial charge in [-0.25, -0.2) is 18.0 Å². The Balaban J connectivity index is 2.58. The average Bonchev–Trinajstić information content (AvgIpc) is 2.60. The van der Waals surface area contributed by atoms with Gasteiger partial charge in [-0.15, -0.1) is 0 Å². The Bertz CT molecular complexity index is 1000. The van der Waals surface area contributed by atoms with E-state index in [2.05, 4.69) is 15.9 Å². The van der Waals surface area contributed by atoms with Gasteiger partial charge in [0.1, 0.15) is 11.7 Å². The maximum absolute atomic E-state index is 14.6. The fourth-order valence-corrected chi connectivity index (χ4v) is 3.14. The predicted octanol–water partition coefficient (Wildman–Crippen LogP) is 7.19. The minimum atomic E-state index is -5.17. The molecule has 2 aromatic rings. The summed E-state index contributed by atoms with van der Waals surface area (Å²) in [5, 5.41) is 8.97. The molecule has 0 aromatic heterocycles. The smallest absolute Gasteiger partial charge is 0.399 e. The summed E-state index contributed by atoms with van der Waals surface area (Å²) in [6.45, 7) is 0.